The highest BCUT2D eigenvalue weighted by Gasteiger charge is 2.08. The summed E-state index contributed by atoms with van der Waals surface area (Å²) in [6, 6.07) is 13.1. The Balaban J connectivity index is 1.69. The van der Waals surface area contributed by atoms with Crippen LogP contribution in [0, 0.1) is 0 Å². The van der Waals surface area contributed by atoms with Crippen molar-refractivity contribution < 1.29 is 9.53 Å². The molecule has 0 fully saturated rings. The molecule has 0 radical (unpaired) electrons. The van der Waals surface area contributed by atoms with Gasteiger partial charge in [0.1, 0.15) is 18.0 Å². The summed E-state index contributed by atoms with van der Waals surface area (Å²) in [5.74, 6) is 0.552. The van der Waals surface area contributed by atoms with Crippen molar-refractivity contribution in [2.75, 3.05) is 0 Å². The number of fused-ring (bicyclic) bond motifs is 1. The zero-order valence-corrected chi connectivity index (χ0v) is 13.2. The van der Waals surface area contributed by atoms with Gasteiger partial charge in [-0.2, -0.15) is 0 Å². The highest BCUT2D eigenvalue weighted by atomic mass is 16.5. The Bertz CT molecular complexity index is 791. The summed E-state index contributed by atoms with van der Waals surface area (Å²) in [7, 11) is 0. The summed E-state index contributed by atoms with van der Waals surface area (Å²) in [5, 5.41) is 2.87. The normalized spacial score (nSPS) is 10.9. The Morgan fingerprint density at radius 2 is 2.13 bits per heavy atom. The zero-order valence-electron chi connectivity index (χ0n) is 13.2. The molecule has 0 bridgehead atoms. The van der Waals surface area contributed by atoms with Crippen molar-refractivity contribution >= 4 is 11.6 Å². The maximum absolute atomic E-state index is 12.0. The second kappa shape index (κ2) is 6.52. The van der Waals surface area contributed by atoms with Gasteiger partial charge in [-0.1, -0.05) is 12.1 Å². The van der Waals surface area contributed by atoms with Gasteiger partial charge in [0, 0.05) is 24.0 Å². The molecule has 0 aliphatic rings. The van der Waals surface area contributed by atoms with Crippen LogP contribution in [0.2, 0.25) is 0 Å². The standard InChI is InChI=1S/C18H19N3O2/c1-13(2)19-18(22)14-6-5-7-16(10-14)23-12-15-11-21-9-4-3-8-17(21)20-15/h3-11,13H,12H2,1-2H3,(H,19,22). The van der Waals surface area contributed by atoms with E-state index in [2.05, 4.69) is 10.3 Å². The third-order valence-corrected chi connectivity index (χ3v) is 3.32. The average molecular weight is 309 g/mol. The second-order valence-corrected chi connectivity index (χ2v) is 5.64. The number of pyridine rings is 1. The third-order valence-electron chi connectivity index (χ3n) is 3.32. The van der Waals surface area contributed by atoms with Crippen LogP contribution in [0.3, 0.4) is 0 Å². The van der Waals surface area contributed by atoms with Crippen molar-refractivity contribution in [2.24, 2.45) is 0 Å². The molecule has 1 N–H and O–H groups in total. The van der Waals surface area contributed by atoms with Crippen molar-refractivity contribution in [3.05, 3.63) is 66.1 Å². The van der Waals surface area contributed by atoms with Crippen LogP contribution in [0.5, 0.6) is 5.75 Å². The Labute approximate surface area is 134 Å². The van der Waals surface area contributed by atoms with E-state index < -0.39 is 0 Å². The number of hydrogen-bond acceptors (Lipinski definition) is 3. The molecule has 3 aromatic rings. The summed E-state index contributed by atoms with van der Waals surface area (Å²) in [5.41, 5.74) is 2.32. The Morgan fingerprint density at radius 3 is 2.91 bits per heavy atom. The molecule has 1 amide bonds. The lowest BCUT2D eigenvalue weighted by Gasteiger charge is -2.10. The number of aromatic nitrogens is 2. The van der Waals surface area contributed by atoms with Crippen LogP contribution in [-0.4, -0.2) is 21.3 Å². The molecule has 3 rings (SSSR count). The number of rotatable bonds is 5. The molecule has 0 unspecified atom stereocenters. The first-order valence-electron chi connectivity index (χ1n) is 7.58. The number of ether oxygens (including phenoxy) is 1. The molecular weight excluding hydrogens is 290 g/mol. The van der Waals surface area contributed by atoms with Gasteiger partial charge in [0.05, 0.1) is 5.69 Å². The average Bonchev–Trinajstić information content (AvgIpc) is 2.95. The molecule has 5 heteroatoms. The number of carbonyl (C=O) groups excluding carboxylic acids is 1. The van der Waals surface area contributed by atoms with Crippen LogP contribution in [0.15, 0.2) is 54.9 Å². The first kappa shape index (κ1) is 15.1. The fourth-order valence-electron chi connectivity index (χ4n) is 2.29. The van der Waals surface area contributed by atoms with Gasteiger partial charge >= 0.3 is 0 Å². The number of nitrogens with one attached hydrogen (secondary N) is 1. The van der Waals surface area contributed by atoms with E-state index >= 15 is 0 Å². The molecule has 23 heavy (non-hydrogen) atoms. The Morgan fingerprint density at radius 1 is 1.26 bits per heavy atom. The summed E-state index contributed by atoms with van der Waals surface area (Å²) in [6.45, 7) is 4.22. The number of amides is 1. The first-order valence-corrected chi connectivity index (χ1v) is 7.58. The summed E-state index contributed by atoms with van der Waals surface area (Å²) < 4.78 is 7.71. The quantitative estimate of drug-likeness (QED) is 0.788. The van der Waals surface area contributed by atoms with E-state index in [-0.39, 0.29) is 11.9 Å². The van der Waals surface area contributed by atoms with Gasteiger partial charge in [-0.3, -0.25) is 4.79 Å². The Kier molecular flexibility index (Phi) is 4.28. The van der Waals surface area contributed by atoms with E-state index in [0.29, 0.717) is 17.9 Å². The number of hydrogen-bond donors (Lipinski definition) is 1. The molecule has 118 valence electrons. The lowest BCUT2D eigenvalue weighted by atomic mass is 10.2. The molecule has 0 saturated carbocycles. The van der Waals surface area contributed by atoms with Gasteiger partial charge in [0.2, 0.25) is 0 Å². The predicted octanol–water partition coefficient (Wildman–Crippen LogP) is 3.05. The second-order valence-electron chi connectivity index (χ2n) is 5.64. The molecule has 1 aromatic carbocycles. The molecule has 0 aliphatic carbocycles. The van der Waals surface area contributed by atoms with E-state index in [1.807, 2.05) is 61.0 Å². The van der Waals surface area contributed by atoms with Crippen LogP contribution >= 0.6 is 0 Å². The van der Waals surface area contributed by atoms with Crippen LogP contribution in [0.4, 0.5) is 0 Å². The summed E-state index contributed by atoms with van der Waals surface area (Å²) in [4.78, 5) is 16.5. The fourth-order valence-corrected chi connectivity index (χ4v) is 2.29. The van der Waals surface area contributed by atoms with Crippen molar-refractivity contribution in [2.45, 2.75) is 26.5 Å². The maximum atomic E-state index is 12.0. The van der Waals surface area contributed by atoms with Gasteiger partial charge in [-0.05, 0) is 44.2 Å². The minimum absolute atomic E-state index is 0.0989. The molecule has 0 aliphatic heterocycles. The number of imidazole rings is 1. The van der Waals surface area contributed by atoms with Gasteiger partial charge in [-0.25, -0.2) is 4.98 Å². The lowest BCUT2D eigenvalue weighted by molar-refractivity contribution is 0.0942. The smallest absolute Gasteiger partial charge is 0.251 e. The highest BCUT2D eigenvalue weighted by Crippen LogP contribution is 2.15. The number of nitrogens with zero attached hydrogens (tertiary/aromatic N) is 2. The monoisotopic (exact) mass is 309 g/mol. The highest BCUT2D eigenvalue weighted by molar-refractivity contribution is 5.94. The van der Waals surface area contributed by atoms with E-state index in [4.69, 9.17) is 4.74 Å². The topological polar surface area (TPSA) is 55.6 Å². The summed E-state index contributed by atoms with van der Waals surface area (Å²) >= 11 is 0. The SMILES string of the molecule is CC(C)NC(=O)c1cccc(OCc2cn3ccccc3n2)c1. The molecule has 0 atom stereocenters. The van der Waals surface area contributed by atoms with Crippen LogP contribution in [0.1, 0.15) is 29.9 Å². The largest absolute Gasteiger partial charge is 0.487 e. The third kappa shape index (κ3) is 3.69. The van der Waals surface area contributed by atoms with Gasteiger partial charge in [0.15, 0.2) is 0 Å². The van der Waals surface area contributed by atoms with Crippen LogP contribution < -0.4 is 10.1 Å². The molecular formula is C18H19N3O2. The van der Waals surface area contributed by atoms with E-state index in [9.17, 15) is 4.79 Å². The number of carbonyl (C=O) groups is 1. The van der Waals surface area contributed by atoms with Crippen molar-refractivity contribution in [3.8, 4) is 5.75 Å². The van der Waals surface area contributed by atoms with Crippen molar-refractivity contribution in [3.63, 3.8) is 0 Å². The molecule has 0 saturated heterocycles. The molecule has 2 aromatic heterocycles. The van der Waals surface area contributed by atoms with Gasteiger partial charge in [-0.15, -0.1) is 0 Å². The fraction of sp³-hybridized carbons (Fsp3) is 0.222. The van der Waals surface area contributed by atoms with Crippen molar-refractivity contribution in [1.29, 1.82) is 0 Å². The van der Waals surface area contributed by atoms with E-state index in [1.54, 1.807) is 12.1 Å². The predicted molar refractivity (Wildman–Crippen MR) is 88.6 cm³/mol. The van der Waals surface area contributed by atoms with Crippen LogP contribution in [-0.2, 0) is 6.61 Å². The molecule has 5 nitrogen and oxygen atoms in total. The van der Waals surface area contributed by atoms with E-state index in [0.717, 1.165) is 11.3 Å². The minimum Gasteiger partial charge on any atom is -0.487 e. The molecule has 0 spiro atoms. The zero-order chi connectivity index (χ0) is 16.2. The van der Waals surface area contributed by atoms with Gasteiger partial charge in [0.25, 0.3) is 5.91 Å². The number of benzene rings is 1. The summed E-state index contributed by atoms with van der Waals surface area (Å²) in [6.07, 6.45) is 3.88. The first-order chi connectivity index (χ1) is 11.1. The van der Waals surface area contributed by atoms with Crippen LogP contribution in [0.25, 0.3) is 5.65 Å². The Hall–Kier alpha value is -2.82. The van der Waals surface area contributed by atoms with Crippen molar-refractivity contribution in [1.82, 2.24) is 14.7 Å². The molecule has 2 heterocycles. The minimum atomic E-state index is -0.0989. The lowest BCUT2D eigenvalue weighted by Crippen LogP contribution is -2.30. The van der Waals surface area contributed by atoms with Gasteiger partial charge < -0.3 is 14.5 Å². The van der Waals surface area contributed by atoms with E-state index in [1.165, 1.54) is 0 Å². The maximum Gasteiger partial charge on any atom is 0.251 e.